The first-order valence-electron chi connectivity index (χ1n) is 7.20. The molecule has 3 rings (SSSR count). The molecule has 0 amide bonds. The predicted octanol–water partition coefficient (Wildman–Crippen LogP) is 2.91. The molecular weight excluding hydrogens is 280 g/mol. The van der Waals surface area contributed by atoms with Gasteiger partial charge in [0.15, 0.2) is 5.78 Å². The Hall–Kier alpha value is -2.62. The van der Waals surface area contributed by atoms with Crippen molar-refractivity contribution in [3.05, 3.63) is 64.2 Å². The van der Waals surface area contributed by atoms with Crippen LogP contribution in [0.15, 0.2) is 36.4 Å². The number of ketones is 1. The number of hydrogen-bond acceptors (Lipinski definition) is 3. The van der Waals surface area contributed by atoms with Crippen LogP contribution in [-0.2, 0) is 17.6 Å². The van der Waals surface area contributed by atoms with E-state index in [1.54, 1.807) is 25.1 Å². The van der Waals surface area contributed by atoms with Crippen LogP contribution in [0.1, 0.15) is 45.5 Å². The molecule has 2 aromatic rings. The van der Waals surface area contributed by atoms with Crippen LogP contribution in [0.5, 0.6) is 5.75 Å². The Morgan fingerprint density at radius 3 is 2.55 bits per heavy atom. The Morgan fingerprint density at radius 2 is 1.82 bits per heavy atom. The molecule has 0 fully saturated rings. The van der Waals surface area contributed by atoms with E-state index in [9.17, 15) is 14.7 Å². The van der Waals surface area contributed by atoms with Gasteiger partial charge in [-0.1, -0.05) is 30.3 Å². The molecule has 0 heterocycles. The van der Waals surface area contributed by atoms with E-state index in [2.05, 4.69) is 0 Å². The van der Waals surface area contributed by atoms with E-state index in [4.69, 9.17) is 5.11 Å². The van der Waals surface area contributed by atoms with Crippen molar-refractivity contribution in [2.45, 2.75) is 25.7 Å². The van der Waals surface area contributed by atoms with Crippen molar-refractivity contribution < 1.29 is 19.8 Å². The number of carboxylic acids is 1. The molecule has 2 aromatic carbocycles. The van der Waals surface area contributed by atoms with Gasteiger partial charge in [-0.2, -0.15) is 0 Å². The van der Waals surface area contributed by atoms with Gasteiger partial charge >= 0.3 is 5.97 Å². The van der Waals surface area contributed by atoms with Crippen LogP contribution < -0.4 is 0 Å². The smallest absolute Gasteiger partial charge is 0.310 e. The summed E-state index contributed by atoms with van der Waals surface area (Å²) in [5, 5.41) is 19.4. The molecule has 1 unspecified atom stereocenters. The van der Waals surface area contributed by atoms with E-state index >= 15 is 0 Å². The fourth-order valence-electron chi connectivity index (χ4n) is 2.93. The molecule has 1 aliphatic rings. The minimum absolute atomic E-state index is 0.137. The van der Waals surface area contributed by atoms with E-state index < -0.39 is 11.9 Å². The summed E-state index contributed by atoms with van der Waals surface area (Å²) in [6.07, 6.45) is 1.30. The van der Waals surface area contributed by atoms with Gasteiger partial charge in [0.1, 0.15) is 5.75 Å². The minimum atomic E-state index is -0.956. The summed E-state index contributed by atoms with van der Waals surface area (Å²) in [5.74, 6) is -2.02. The van der Waals surface area contributed by atoms with Crippen LogP contribution >= 0.6 is 0 Å². The van der Waals surface area contributed by atoms with Crippen molar-refractivity contribution >= 4 is 11.8 Å². The minimum Gasteiger partial charge on any atom is -0.507 e. The monoisotopic (exact) mass is 296 g/mol. The number of carbonyl (C=O) groups is 2. The molecule has 0 saturated carbocycles. The van der Waals surface area contributed by atoms with Gasteiger partial charge in [0, 0.05) is 5.56 Å². The fourth-order valence-corrected chi connectivity index (χ4v) is 2.93. The maximum atomic E-state index is 12.7. The Kier molecular flexibility index (Phi) is 3.45. The highest BCUT2D eigenvalue weighted by atomic mass is 16.4. The van der Waals surface area contributed by atoms with E-state index in [1.807, 2.05) is 12.1 Å². The van der Waals surface area contributed by atoms with Gasteiger partial charge in [-0.15, -0.1) is 0 Å². The number of hydrogen-bond donors (Lipinski definition) is 2. The van der Waals surface area contributed by atoms with Crippen LogP contribution in [0, 0.1) is 0 Å². The molecule has 4 nitrogen and oxygen atoms in total. The number of aromatic hydroxyl groups is 1. The number of fused-ring (bicyclic) bond motifs is 2. The normalized spacial score (nSPS) is 14.7. The standard InChI is InChI=1S/C18H16O4/c1-10(18(21)22)13-8-12-7-6-11-4-2-3-5-14(11)17(20)16(12)15(19)9-13/h2-5,8-10,19H,6-7H2,1H3,(H,21,22). The highest BCUT2D eigenvalue weighted by Crippen LogP contribution is 2.33. The van der Waals surface area contributed by atoms with E-state index in [0.717, 1.165) is 5.56 Å². The third kappa shape index (κ3) is 2.26. The van der Waals surface area contributed by atoms with Crippen molar-refractivity contribution in [2.24, 2.45) is 0 Å². The second kappa shape index (κ2) is 5.30. The van der Waals surface area contributed by atoms with E-state index in [1.165, 1.54) is 6.07 Å². The molecule has 22 heavy (non-hydrogen) atoms. The zero-order valence-corrected chi connectivity index (χ0v) is 12.2. The zero-order chi connectivity index (χ0) is 15.9. The lowest BCUT2D eigenvalue weighted by Crippen LogP contribution is -2.10. The van der Waals surface area contributed by atoms with Crippen molar-refractivity contribution in [3.63, 3.8) is 0 Å². The summed E-state index contributed by atoms with van der Waals surface area (Å²) < 4.78 is 0. The molecular formula is C18H16O4. The Balaban J connectivity index is 2.15. The van der Waals surface area contributed by atoms with Crippen molar-refractivity contribution in [1.29, 1.82) is 0 Å². The van der Waals surface area contributed by atoms with Crippen LogP contribution in [0.4, 0.5) is 0 Å². The molecule has 0 aromatic heterocycles. The van der Waals surface area contributed by atoms with Crippen molar-refractivity contribution in [2.75, 3.05) is 0 Å². The summed E-state index contributed by atoms with van der Waals surface area (Å²) >= 11 is 0. The quantitative estimate of drug-likeness (QED) is 0.893. The van der Waals surface area contributed by atoms with Gasteiger partial charge in [-0.25, -0.2) is 0 Å². The number of phenols is 1. The number of carbonyl (C=O) groups excluding carboxylic acids is 1. The van der Waals surface area contributed by atoms with Crippen LogP contribution in [0.3, 0.4) is 0 Å². The Bertz CT molecular complexity index is 777. The average molecular weight is 296 g/mol. The lowest BCUT2D eigenvalue weighted by atomic mass is 9.92. The molecule has 2 N–H and O–H groups in total. The molecule has 0 bridgehead atoms. The van der Waals surface area contributed by atoms with Gasteiger partial charge < -0.3 is 10.2 Å². The molecule has 1 aliphatic carbocycles. The highest BCUT2D eigenvalue weighted by Gasteiger charge is 2.26. The van der Waals surface area contributed by atoms with Crippen LogP contribution in [0.25, 0.3) is 0 Å². The molecule has 4 heteroatoms. The largest absolute Gasteiger partial charge is 0.507 e. The fraction of sp³-hybridized carbons (Fsp3) is 0.222. The third-order valence-corrected chi connectivity index (χ3v) is 4.24. The molecule has 0 saturated heterocycles. The molecule has 0 aliphatic heterocycles. The van der Waals surface area contributed by atoms with Gasteiger partial charge in [0.05, 0.1) is 11.5 Å². The summed E-state index contributed by atoms with van der Waals surface area (Å²) in [6, 6.07) is 10.5. The number of rotatable bonds is 2. The number of aryl methyl sites for hydroxylation is 2. The van der Waals surface area contributed by atoms with Crippen LogP contribution in [0.2, 0.25) is 0 Å². The van der Waals surface area contributed by atoms with Crippen molar-refractivity contribution in [3.8, 4) is 5.75 Å². The van der Waals surface area contributed by atoms with Gasteiger partial charge in [-0.3, -0.25) is 9.59 Å². The lowest BCUT2D eigenvalue weighted by molar-refractivity contribution is -0.138. The maximum Gasteiger partial charge on any atom is 0.310 e. The summed E-state index contributed by atoms with van der Waals surface area (Å²) in [6.45, 7) is 1.57. The number of carboxylic acid groups (broad SMARTS) is 1. The maximum absolute atomic E-state index is 12.7. The molecule has 0 radical (unpaired) electrons. The number of phenolic OH excluding ortho intramolecular Hbond substituents is 1. The average Bonchev–Trinajstić information content (AvgIpc) is 2.64. The second-order valence-corrected chi connectivity index (χ2v) is 5.62. The van der Waals surface area contributed by atoms with Gasteiger partial charge in [0.2, 0.25) is 0 Å². The lowest BCUT2D eigenvalue weighted by Gasteiger charge is -2.13. The number of benzene rings is 2. The molecule has 112 valence electrons. The SMILES string of the molecule is CC(C(=O)O)c1cc(O)c2c(c1)CCc1ccccc1C2=O. The molecule has 1 atom stereocenters. The summed E-state index contributed by atoms with van der Waals surface area (Å²) in [7, 11) is 0. The van der Waals surface area contributed by atoms with E-state index in [-0.39, 0.29) is 11.5 Å². The molecule has 0 spiro atoms. The second-order valence-electron chi connectivity index (χ2n) is 5.62. The zero-order valence-electron chi connectivity index (χ0n) is 12.2. The van der Waals surface area contributed by atoms with Gasteiger partial charge in [-0.05, 0) is 42.5 Å². The number of aliphatic carboxylic acids is 1. The predicted molar refractivity (Wildman–Crippen MR) is 81.4 cm³/mol. The Labute approximate surface area is 128 Å². The summed E-state index contributed by atoms with van der Waals surface area (Å²) in [5.41, 5.74) is 3.09. The first kappa shape index (κ1) is 14.3. The first-order chi connectivity index (χ1) is 10.5. The topological polar surface area (TPSA) is 74.6 Å². The first-order valence-corrected chi connectivity index (χ1v) is 7.20. The van der Waals surface area contributed by atoms with E-state index in [0.29, 0.717) is 35.1 Å². The van der Waals surface area contributed by atoms with Crippen molar-refractivity contribution in [1.82, 2.24) is 0 Å². The summed E-state index contributed by atoms with van der Waals surface area (Å²) in [4.78, 5) is 23.8. The van der Waals surface area contributed by atoms with Crippen LogP contribution in [-0.4, -0.2) is 22.0 Å². The highest BCUT2D eigenvalue weighted by molar-refractivity contribution is 6.13. The Morgan fingerprint density at radius 1 is 1.14 bits per heavy atom. The third-order valence-electron chi connectivity index (χ3n) is 4.24. The van der Waals surface area contributed by atoms with Gasteiger partial charge in [0.25, 0.3) is 0 Å².